The molecule has 6 heteroatoms. The zero-order valence-electron chi connectivity index (χ0n) is 15.1. The van der Waals surface area contributed by atoms with Gasteiger partial charge in [-0.05, 0) is 18.4 Å². The average Bonchev–Trinajstić information content (AvgIpc) is 2.92. The number of aliphatic carboxylic acids is 1. The molecule has 1 aromatic heterocycles. The van der Waals surface area contributed by atoms with Gasteiger partial charge in [0.15, 0.2) is 0 Å². The summed E-state index contributed by atoms with van der Waals surface area (Å²) in [4.78, 5) is 25.8. The molecule has 25 heavy (non-hydrogen) atoms. The summed E-state index contributed by atoms with van der Waals surface area (Å²) in [6, 6.07) is 8.38. The highest BCUT2D eigenvalue weighted by Gasteiger charge is 2.29. The molecular weight excluding hydrogens is 318 g/mol. The Morgan fingerprint density at radius 3 is 2.44 bits per heavy atom. The fourth-order valence-corrected chi connectivity index (χ4v) is 2.75. The predicted molar refractivity (Wildman–Crippen MR) is 95.5 cm³/mol. The van der Waals surface area contributed by atoms with E-state index >= 15 is 0 Å². The summed E-state index contributed by atoms with van der Waals surface area (Å²) in [6.07, 6.45) is 1.79. The topological polar surface area (TPSA) is 75.4 Å². The minimum absolute atomic E-state index is 0.262. The molecule has 0 bridgehead atoms. The van der Waals surface area contributed by atoms with Gasteiger partial charge in [0.05, 0.1) is 11.8 Å². The lowest BCUT2D eigenvalue weighted by molar-refractivity contribution is -0.141. The van der Waals surface area contributed by atoms with E-state index in [1.54, 1.807) is 4.68 Å². The van der Waals surface area contributed by atoms with Crippen molar-refractivity contribution in [3.63, 3.8) is 0 Å². The molecule has 1 amide bonds. The number of carboxylic acid groups (broad SMARTS) is 1. The maximum atomic E-state index is 12.8. The second kappa shape index (κ2) is 7.96. The summed E-state index contributed by atoms with van der Waals surface area (Å²) < 4.78 is 1.79. The smallest absolute Gasteiger partial charge is 0.326 e. The molecule has 1 N–H and O–H groups in total. The lowest BCUT2D eigenvalue weighted by Crippen LogP contribution is -2.44. The predicted octanol–water partition coefficient (Wildman–Crippen LogP) is 2.62. The SMILES string of the molecule is Cc1c(C(=O)N(C)C(Cc2ccccc2)C(=O)O)cnn1CC(C)C. The van der Waals surface area contributed by atoms with E-state index in [9.17, 15) is 14.7 Å². The number of rotatable bonds is 7. The fourth-order valence-electron chi connectivity index (χ4n) is 2.75. The van der Waals surface area contributed by atoms with Crippen LogP contribution in [0.4, 0.5) is 0 Å². The van der Waals surface area contributed by atoms with E-state index in [-0.39, 0.29) is 12.3 Å². The first-order valence-corrected chi connectivity index (χ1v) is 8.37. The van der Waals surface area contributed by atoms with Crippen molar-refractivity contribution in [1.82, 2.24) is 14.7 Å². The van der Waals surface area contributed by atoms with Crippen LogP contribution in [0.1, 0.15) is 35.5 Å². The van der Waals surface area contributed by atoms with Gasteiger partial charge in [0.25, 0.3) is 5.91 Å². The van der Waals surface area contributed by atoms with Crippen LogP contribution < -0.4 is 0 Å². The summed E-state index contributed by atoms with van der Waals surface area (Å²) >= 11 is 0. The van der Waals surface area contributed by atoms with Gasteiger partial charge in [0.2, 0.25) is 0 Å². The highest BCUT2D eigenvalue weighted by molar-refractivity contribution is 5.97. The van der Waals surface area contributed by atoms with Crippen LogP contribution in [-0.4, -0.2) is 44.8 Å². The Balaban J connectivity index is 2.21. The molecule has 0 aliphatic heterocycles. The molecule has 1 heterocycles. The Morgan fingerprint density at radius 1 is 1.24 bits per heavy atom. The van der Waals surface area contributed by atoms with Crippen LogP contribution >= 0.6 is 0 Å². The summed E-state index contributed by atoms with van der Waals surface area (Å²) in [5.41, 5.74) is 2.08. The van der Waals surface area contributed by atoms with Crippen LogP contribution in [0.2, 0.25) is 0 Å². The number of hydrogen-bond acceptors (Lipinski definition) is 3. The Morgan fingerprint density at radius 2 is 1.88 bits per heavy atom. The molecule has 134 valence electrons. The molecule has 2 aromatic rings. The van der Waals surface area contributed by atoms with Gasteiger partial charge in [-0.2, -0.15) is 5.10 Å². The monoisotopic (exact) mass is 343 g/mol. The van der Waals surface area contributed by atoms with Crippen molar-refractivity contribution in [2.75, 3.05) is 7.05 Å². The van der Waals surface area contributed by atoms with E-state index in [1.165, 1.54) is 18.1 Å². The first-order valence-electron chi connectivity index (χ1n) is 8.37. The van der Waals surface area contributed by atoms with Crippen LogP contribution in [0, 0.1) is 12.8 Å². The van der Waals surface area contributed by atoms with E-state index in [0.717, 1.165) is 17.8 Å². The number of carbonyl (C=O) groups is 2. The third-order valence-corrected chi connectivity index (χ3v) is 4.22. The number of aromatic nitrogens is 2. The molecule has 1 aromatic carbocycles. The molecule has 0 fully saturated rings. The van der Waals surface area contributed by atoms with Crippen molar-refractivity contribution in [3.05, 3.63) is 53.3 Å². The van der Waals surface area contributed by atoms with Gasteiger partial charge in [0.1, 0.15) is 6.04 Å². The van der Waals surface area contributed by atoms with Gasteiger partial charge in [-0.3, -0.25) is 9.48 Å². The third-order valence-electron chi connectivity index (χ3n) is 4.22. The van der Waals surface area contributed by atoms with Gasteiger partial charge < -0.3 is 10.0 Å². The first-order chi connectivity index (χ1) is 11.8. The zero-order valence-corrected chi connectivity index (χ0v) is 15.1. The van der Waals surface area contributed by atoms with E-state index in [1.807, 2.05) is 37.3 Å². The quantitative estimate of drug-likeness (QED) is 0.838. The maximum absolute atomic E-state index is 12.8. The minimum Gasteiger partial charge on any atom is -0.480 e. The Hall–Kier alpha value is -2.63. The molecular formula is C19H25N3O3. The van der Waals surface area contributed by atoms with Gasteiger partial charge in [-0.1, -0.05) is 44.2 Å². The molecule has 0 saturated heterocycles. The molecule has 1 atom stereocenters. The molecule has 0 radical (unpaired) electrons. The van der Waals surface area contributed by atoms with E-state index < -0.39 is 12.0 Å². The summed E-state index contributed by atoms with van der Waals surface area (Å²) in [7, 11) is 1.53. The highest BCUT2D eigenvalue weighted by Crippen LogP contribution is 2.16. The lowest BCUT2D eigenvalue weighted by Gasteiger charge is -2.25. The van der Waals surface area contributed by atoms with Crippen LogP contribution in [0.25, 0.3) is 0 Å². The Kier molecular flexibility index (Phi) is 5.96. The van der Waals surface area contributed by atoms with E-state index in [4.69, 9.17) is 0 Å². The largest absolute Gasteiger partial charge is 0.480 e. The van der Waals surface area contributed by atoms with Crippen molar-refractivity contribution in [2.24, 2.45) is 5.92 Å². The Labute approximate surface area is 148 Å². The standard InChI is InChI=1S/C19H25N3O3/c1-13(2)12-22-14(3)16(11-20-22)18(23)21(4)17(19(24)25)10-15-8-6-5-7-9-15/h5-9,11,13,17H,10,12H2,1-4H3,(H,24,25). The normalized spacial score (nSPS) is 12.2. The van der Waals surface area contributed by atoms with Gasteiger partial charge in [0, 0.05) is 25.7 Å². The number of likely N-dealkylation sites (N-methyl/N-ethyl adjacent to an activating group) is 1. The number of amides is 1. The van der Waals surface area contributed by atoms with Crippen LogP contribution in [0.5, 0.6) is 0 Å². The summed E-state index contributed by atoms with van der Waals surface area (Å²) in [5, 5.41) is 13.8. The second-order valence-corrected chi connectivity index (χ2v) is 6.68. The number of nitrogens with zero attached hydrogens (tertiary/aromatic N) is 3. The molecule has 0 spiro atoms. The summed E-state index contributed by atoms with van der Waals surface area (Å²) in [6.45, 7) is 6.71. The highest BCUT2D eigenvalue weighted by atomic mass is 16.4. The third kappa shape index (κ3) is 4.47. The fraction of sp³-hybridized carbons (Fsp3) is 0.421. The average molecular weight is 343 g/mol. The molecule has 0 aliphatic carbocycles. The number of benzene rings is 1. The number of carboxylic acids is 1. The molecule has 6 nitrogen and oxygen atoms in total. The zero-order chi connectivity index (χ0) is 18.6. The van der Waals surface area contributed by atoms with Gasteiger partial charge in [-0.15, -0.1) is 0 Å². The minimum atomic E-state index is -1.02. The van der Waals surface area contributed by atoms with Gasteiger partial charge >= 0.3 is 5.97 Å². The number of carbonyl (C=O) groups excluding carboxylic acids is 1. The number of hydrogen-bond donors (Lipinski definition) is 1. The van der Waals surface area contributed by atoms with Crippen LogP contribution in [0.3, 0.4) is 0 Å². The molecule has 2 rings (SSSR count). The van der Waals surface area contributed by atoms with E-state index in [0.29, 0.717) is 11.5 Å². The second-order valence-electron chi connectivity index (χ2n) is 6.68. The molecule has 0 aliphatic rings. The van der Waals surface area contributed by atoms with E-state index in [2.05, 4.69) is 18.9 Å². The molecule has 1 unspecified atom stereocenters. The van der Waals surface area contributed by atoms with Gasteiger partial charge in [-0.25, -0.2) is 4.79 Å². The first kappa shape index (κ1) is 18.7. The molecule has 0 saturated carbocycles. The summed E-state index contributed by atoms with van der Waals surface area (Å²) in [5.74, 6) is -0.938. The lowest BCUT2D eigenvalue weighted by atomic mass is 10.0. The van der Waals surface area contributed by atoms with Crippen LogP contribution in [0.15, 0.2) is 36.5 Å². The van der Waals surface area contributed by atoms with Crippen molar-refractivity contribution in [1.29, 1.82) is 0 Å². The van der Waals surface area contributed by atoms with Crippen molar-refractivity contribution in [2.45, 2.75) is 39.8 Å². The van der Waals surface area contributed by atoms with Crippen molar-refractivity contribution < 1.29 is 14.7 Å². The maximum Gasteiger partial charge on any atom is 0.326 e. The van der Waals surface area contributed by atoms with Crippen LogP contribution in [-0.2, 0) is 17.8 Å². The van der Waals surface area contributed by atoms with Crippen molar-refractivity contribution in [3.8, 4) is 0 Å². The Bertz CT molecular complexity index is 738. The van der Waals surface area contributed by atoms with Crippen molar-refractivity contribution >= 4 is 11.9 Å².